The number of aryl methyl sites for hydroxylation is 1. The quantitative estimate of drug-likeness (QED) is 0.906. The summed E-state index contributed by atoms with van der Waals surface area (Å²) >= 11 is 0. The van der Waals surface area contributed by atoms with Gasteiger partial charge < -0.3 is 10.1 Å². The molecule has 1 N–H and O–H groups in total. The maximum atomic E-state index is 13.1. The average Bonchev–Trinajstić information content (AvgIpc) is 2.53. The number of nitrogens with one attached hydrogen (secondary N) is 1. The van der Waals surface area contributed by atoms with Crippen molar-refractivity contribution in [2.45, 2.75) is 52.3 Å². The Morgan fingerprint density at radius 1 is 1.33 bits per heavy atom. The van der Waals surface area contributed by atoms with Crippen LogP contribution < -0.4 is 10.1 Å². The van der Waals surface area contributed by atoms with Crippen LogP contribution in [0.25, 0.3) is 0 Å². The third kappa shape index (κ3) is 3.99. The summed E-state index contributed by atoms with van der Waals surface area (Å²) in [6.45, 7) is 3.78. The number of pyridine rings is 1. The molecule has 4 nitrogen and oxygen atoms in total. The van der Waals surface area contributed by atoms with Gasteiger partial charge >= 0.3 is 6.18 Å². The van der Waals surface area contributed by atoms with Gasteiger partial charge in [-0.25, -0.2) is 0 Å². The van der Waals surface area contributed by atoms with Crippen molar-refractivity contribution in [2.75, 3.05) is 7.11 Å². The lowest BCUT2D eigenvalue weighted by molar-refractivity contribution is -0.198. The van der Waals surface area contributed by atoms with Crippen LogP contribution in [-0.4, -0.2) is 24.2 Å². The lowest BCUT2D eigenvalue weighted by Gasteiger charge is -2.32. The fraction of sp³-hybridized carbons (Fsp3) is 0.647. The first-order valence-electron chi connectivity index (χ1n) is 8.09. The Bertz CT molecular complexity index is 602. The van der Waals surface area contributed by atoms with Crippen molar-refractivity contribution in [1.29, 1.82) is 0 Å². The zero-order valence-electron chi connectivity index (χ0n) is 14.2. The lowest BCUT2D eigenvalue weighted by atomic mass is 9.78. The molecule has 1 aromatic heterocycles. The summed E-state index contributed by atoms with van der Waals surface area (Å²) in [6, 6.07) is 0. The van der Waals surface area contributed by atoms with Crippen molar-refractivity contribution < 1.29 is 22.7 Å². The largest absolute Gasteiger partial charge is 0.496 e. The normalized spacial score (nSPS) is 21.4. The molecular formula is C17H23F3N2O2. The van der Waals surface area contributed by atoms with E-state index in [1.807, 2.05) is 13.8 Å². The number of alkyl halides is 3. The summed E-state index contributed by atoms with van der Waals surface area (Å²) in [6.07, 6.45) is -1.23. The smallest absolute Gasteiger partial charge is 0.392 e. The first kappa shape index (κ1) is 18.5. The van der Waals surface area contributed by atoms with E-state index in [1.165, 1.54) is 0 Å². The summed E-state index contributed by atoms with van der Waals surface area (Å²) in [5.74, 6) is -2.42. The third-order valence-corrected chi connectivity index (χ3v) is 4.70. The van der Waals surface area contributed by atoms with Gasteiger partial charge in [0, 0.05) is 23.2 Å². The van der Waals surface area contributed by atoms with Crippen LogP contribution in [0.4, 0.5) is 13.2 Å². The van der Waals surface area contributed by atoms with Crippen LogP contribution in [0.15, 0.2) is 6.20 Å². The van der Waals surface area contributed by atoms with Crippen LogP contribution in [0.2, 0.25) is 0 Å². The number of methoxy groups -OCH3 is 1. The minimum Gasteiger partial charge on any atom is -0.496 e. The summed E-state index contributed by atoms with van der Waals surface area (Å²) in [5.41, 5.74) is 2.26. The zero-order valence-corrected chi connectivity index (χ0v) is 14.2. The molecule has 0 bridgehead atoms. The minimum absolute atomic E-state index is 0.0250. The Morgan fingerprint density at radius 2 is 2.00 bits per heavy atom. The summed E-state index contributed by atoms with van der Waals surface area (Å²) in [5, 5.41) is 2.63. The third-order valence-electron chi connectivity index (χ3n) is 4.70. The fourth-order valence-corrected chi connectivity index (χ4v) is 3.39. The van der Waals surface area contributed by atoms with Gasteiger partial charge in [-0.05, 0) is 26.7 Å². The number of ether oxygens (including phenoxy) is 1. The second-order valence-corrected chi connectivity index (χ2v) is 6.30. The Kier molecular flexibility index (Phi) is 5.72. The highest BCUT2D eigenvalue weighted by Gasteiger charge is 2.47. The van der Waals surface area contributed by atoms with E-state index in [1.54, 1.807) is 13.3 Å². The summed E-state index contributed by atoms with van der Waals surface area (Å²) in [4.78, 5) is 16.5. The van der Waals surface area contributed by atoms with Crippen LogP contribution in [0.1, 0.15) is 42.5 Å². The maximum absolute atomic E-state index is 13.1. The number of hydrogen-bond acceptors (Lipinski definition) is 3. The van der Waals surface area contributed by atoms with E-state index in [0.717, 1.165) is 11.1 Å². The van der Waals surface area contributed by atoms with E-state index in [2.05, 4.69) is 10.3 Å². The maximum Gasteiger partial charge on any atom is 0.392 e. The number of carbonyl (C=O) groups excluding carboxylic acids is 1. The van der Waals surface area contributed by atoms with Gasteiger partial charge in [-0.3, -0.25) is 9.78 Å². The average molecular weight is 344 g/mol. The van der Waals surface area contributed by atoms with Gasteiger partial charge in [0.25, 0.3) is 0 Å². The molecule has 1 fully saturated rings. The van der Waals surface area contributed by atoms with Gasteiger partial charge in [-0.15, -0.1) is 0 Å². The molecular weight excluding hydrogens is 321 g/mol. The van der Waals surface area contributed by atoms with Crippen molar-refractivity contribution in [1.82, 2.24) is 10.3 Å². The molecule has 0 radical (unpaired) electrons. The molecule has 0 saturated heterocycles. The molecule has 1 aromatic rings. The lowest BCUT2D eigenvalue weighted by Crippen LogP contribution is -2.42. The zero-order chi connectivity index (χ0) is 17.9. The highest BCUT2D eigenvalue weighted by Crippen LogP contribution is 2.41. The highest BCUT2D eigenvalue weighted by atomic mass is 19.4. The van der Waals surface area contributed by atoms with Gasteiger partial charge in [0.1, 0.15) is 5.75 Å². The monoisotopic (exact) mass is 344 g/mol. The summed E-state index contributed by atoms with van der Waals surface area (Å²) < 4.78 is 44.6. The predicted octanol–water partition coefficient (Wildman–Crippen LogP) is 3.69. The Morgan fingerprint density at radius 3 is 2.62 bits per heavy atom. The van der Waals surface area contributed by atoms with Gasteiger partial charge in [0.05, 0.1) is 25.3 Å². The Hall–Kier alpha value is -1.79. The number of hydrogen-bond donors (Lipinski definition) is 1. The van der Waals surface area contributed by atoms with Crippen molar-refractivity contribution >= 4 is 5.91 Å². The molecule has 7 heteroatoms. The highest BCUT2D eigenvalue weighted by molar-refractivity contribution is 5.79. The van der Waals surface area contributed by atoms with E-state index in [0.29, 0.717) is 24.3 Å². The molecule has 0 aromatic carbocycles. The molecule has 2 rings (SSSR count). The minimum atomic E-state index is -4.33. The predicted molar refractivity (Wildman–Crippen MR) is 83.6 cm³/mol. The van der Waals surface area contributed by atoms with Gasteiger partial charge in [-0.1, -0.05) is 12.8 Å². The van der Waals surface area contributed by atoms with Crippen molar-refractivity contribution in [3.8, 4) is 5.75 Å². The van der Waals surface area contributed by atoms with E-state index in [-0.39, 0.29) is 19.4 Å². The second-order valence-electron chi connectivity index (χ2n) is 6.30. The standard InChI is InChI=1S/C17H23F3N2O2/c1-10-8-21-14(11(2)15(10)24-3)9-22-16(23)12-6-4-5-7-13(12)17(18,19)20/h8,12-13H,4-7,9H2,1-3H3,(H,22,23)/t12-,13+/m0/s1. The van der Waals surface area contributed by atoms with Crippen molar-refractivity contribution in [3.05, 3.63) is 23.0 Å². The molecule has 0 unspecified atom stereocenters. The number of rotatable bonds is 4. The van der Waals surface area contributed by atoms with Crippen LogP contribution in [-0.2, 0) is 11.3 Å². The molecule has 2 atom stereocenters. The Labute approximate surface area is 139 Å². The molecule has 134 valence electrons. The number of amides is 1. The fourth-order valence-electron chi connectivity index (χ4n) is 3.39. The van der Waals surface area contributed by atoms with Crippen LogP contribution in [0, 0.1) is 25.7 Å². The summed E-state index contributed by atoms with van der Waals surface area (Å²) in [7, 11) is 1.55. The Balaban J connectivity index is 2.07. The molecule has 0 spiro atoms. The van der Waals surface area contributed by atoms with E-state index in [9.17, 15) is 18.0 Å². The molecule has 0 aliphatic heterocycles. The van der Waals surface area contributed by atoms with Crippen molar-refractivity contribution in [3.63, 3.8) is 0 Å². The molecule has 1 amide bonds. The molecule has 1 aliphatic rings. The number of nitrogens with zero attached hydrogens (tertiary/aromatic N) is 1. The van der Waals surface area contributed by atoms with Gasteiger partial charge in [0.2, 0.25) is 5.91 Å². The van der Waals surface area contributed by atoms with Gasteiger partial charge in [0.15, 0.2) is 0 Å². The molecule has 1 heterocycles. The van der Waals surface area contributed by atoms with E-state index in [4.69, 9.17) is 4.74 Å². The van der Waals surface area contributed by atoms with E-state index >= 15 is 0 Å². The van der Waals surface area contributed by atoms with Crippen LogP contribution in [0.5, 0.6) is 5.75 Å². The van der Waals surface area contributed by atoms with Crippen LogP contribution in [0.3, 0.4) is 0 Å². The number of aromatic nitrogens is 1. The molecule has 1 saturated carbocycles. The number of carbonyl (C=O) groups is 1. The second kappa shape index (κ2) is 7.40. The van der Waals surface area contributed by atoms with Crippen LogP contribution >= 0.6 is 0 Å². The number of halogens is 3. The first-order chi connectivity index (χ1) is 11.3. The molecule has 24 heavy (non-hydrogen) atoms. The molecule has 1 aliphatic carbocycles. The van der Waals surface area contributed by atoms with E-state index < -0.39 is 23.9 Å². The topological polar surface area (TPSA) is 51.2 Å². The van der Waals surface area contributed by atoms with Crippen molar-refractivity contribution in [2.24, 2.45) is 11.8 Å². The first-order valence-corrected chi connectivity index (χ1v) is 8.09. The SMILES string of the molecule is COc1c(C)cnc(CNC(=O)[C@H]2CCCC[C@H]2C(F)(F)F)c1C. The van der Waals surface area contributed by atoms with Gasteiger partial charge in [-0.2, -0.15) is 13.2 Å².